The minimum absolute atomic E-state index is 0.140. The van der Waals surface area contributed by atoms with Gasteiger partial charge in [0, 0.05) is 25.6 Å². The van der Waals surface area contributed by atoms with Crippen molar-refractivity contribution < 1.29 is 9.21 Å². The van der Waals surface area contributed by atoms with E-state index in [0.29, 0.717) is 31.4 Å². The second kappa shape index (κ2) is 6.96. The summed E-state index contributed by atoms with van der Waals surface area (Å²) in [6.07, 6.45) is 0.917. The highest BCUT2D eigenvalue weighted by Gasteiger charge is 2.28. The average Bonchev–Trinajstić information content (AvgIpc) is 2.98. The summed E-state index contributed by atoms with van der Waals surface area (Å²) >= 11 is 0. The van der Waals surface area contributed by atoms with Crippen LogP contribution in [-0.2, 0) is 24.3 Å². The Morgan fingerprint density at radius 3 is 2.60 bits per heavy atom. The van der Waals surface area contributed by atoms with Gasteiger partial charge in [-0.25, -0.2) is 0 Å². The number of nitrogens with zero attached hydrogens (tertiary/aromatic N) is 4. The lowest BCUT2D eigenvalue weighted by atomic mass is 9.99. The third kappa shape index (κ3) is 4.25. The van der Waals surface area contributed by atoms with Gasteiger partial charge in [0.2, 0.25) is 17.7 Å². The summed E-state index contributed by atoms with van der Waals surface area (Å²) in [5, 5.41) is 7.94. The first-order valence-electron chi connectivity index (χ1n) is 8.71. The first kappa shape index (κ1) is 17.6. The number of amides is 1. The molecule has 0 fully saturated rings. The zero-order chi connectivity index (χ0) is 18.0. The average molecular weight is 342 g/mol. The second-order valence-electron chi connectivity index (χ2n) is 7.58. The van der Waals surface area contributed by atoms with E-state index in [9.17, 15) is 4.79 Å². The maximum Gasteiger partial charge on any atom is 0.237 e. The molecule has 6 heteroatoms. The number of benzene rings is 1. The van der Waals surface area contributed by atoms with E-state index in [1.54, 1.807) is 6.92 Å². The van der Waals surface area contributed by atoms with Crippen LogP contribution in [0.2, 0.25) is 0 Å². The van der Waals surface area contributed by atoms with Crippen LogP contribution in [0.5, 0.6) is 0 Å². The van der Waals surface area contributed by atoms with E-state index in [1.165, 1.54) is 11.1 Å². The van der Waals surface area contributed by atoms with Crippen LogP contribution in [0.3, 0.4) is 0 Å². The normalized spacial score (nSPS) is 14.7. The molecule has 1 aliphatic rings. The molecule has 0 spiro atoms. The van der Waals surface area contributed by atoms with E-state index in [2.05, 4.69) is 54.1 Å². The summed E-state index contributed by atoms with van der Waals surface area (Å²) in [7, 11) is 0. The van der Waals surface area contributed by atoms with Crippen LogP contribution in [-0.4, -0.2) is 44.5 Å². The minimum atomic E-state index is -0.175. The molecule has 1 aromatic heterocycles. The van der Waals surface area contributed by atoms with E-state index < -0.39 is 0 Å². The van der Waals surface area contributed by atoms with E-state index in [0.717, 1.165) is 13.0 Å². The molecule has 2 heterocycles. The standard InChI is InChI=1S/C19H26N4O2/c1-14-20-21-17(25-14)12-23(19(2,3)4)13-18(24)22-10-9-15-7-5-6-8-16(15)11-22/h5-8H,9-13H2,1-4H3. The molecule has 0 atom stereocenters. The monoisotopic (exact) mass is 342 g/mol. The van der Waals surface area contributed by atoms with E-state index >= 15 is 0 Å². The number of fused-ring (bicyclic) bond motifs is 1. The summed E-state index contributed by atoms with van der Waals surface area (Å²) < 4.78 is 5.49. The fourth-order valence-electron chi connectivity index (χ4n) is 3.07. The van der Waals surface area contributed by atoms with E-state index in [4.69, 9.17) is 4.42 Å². The highest BCUT2D eigenvalue weighted by atomic mass is 16.4. The molecule has 0 saturated carbocycles. The van der Waals surface area contributed by atoms with Crippen molar-refractivity contribution in [2.75, 3.05) is 13.1 Å². The van der Waals surface area contributed by atoms with Crippen molar-refractivity contribution in [3.8, 4) is 0 Å². The lowest BCUT2D eigenvalue weighted by Crippen LogP contribution is -2.48. The Morgan fingerprint density at radius 2 is 1.96 bits per heavy atom. The van der Waals surface area contributed by atoms with Gasteiger partial charge in [-0.3, -0.25) is 9.69 Å². The number of hydrogen-bond acceptors (Lipinski definition) is 5. The Kier molecular flexibility index (Phi) is 4.90. The van der Waals surface area contributed by atoms with Crippen molar-refractivity contribution in [2.45, 2.75) is 52.7 Å². The van der Waals surface area contributed by atoms with Crippen molar-refractivity contribution in [1.82, 2.24) is 20.0 Å². The fraction of sp³-hybridized carbons (Fsp3) is 0.526. The number of carbonyl (C=O) groups is 1. The molecule has 3 rings (SSSR count). The fourth-order valence-corrected chi connectivity index (χ4v) is 3.07. The number of hydrogen-bond donors (Lipinski definition) is 0. The third-order valence-corrected chi connectivity index (χ3v) is 4.65. The van der Waals surface area contributed by atoms with Crippen LogP contribution in [0.25, 0.3) is 0 Å². The maximum absolute atomic E-state index is 12.9. The number of carbonyl (C=O) groups excluding carboxylic acids is 1. The summed E-state index contributed by atoms with van der Waals surface area (Å²) in [6.45, 7) is 10.3. The topological polar surface area (TPSA) is 62.5 Å². The number of rotatable bonds is 4. The van der Waals surface area contributed by atoms with Crippen molar-refractivity contribution in [3.05, 3.63) is 47.2 Å². The Balaban J connectivity index is 1.68. The number of aromatic nitrogens is 2. The molecule has 2 aromatic rings. The molecule has 0 N–H and O–H groups in total. The molecule has 1 amide bonds. The quantitative estimate of drug-likeness (QED) is 0.854. The Bertz CT molecular complexity index is 748. The van der Waals surface area contributed by atoms with Crippen molar-refractivity contribution in [2.24, 2.45) is 0 Å². The SMILES string of the molecule is Cc1nnc(CN(CC(=O)N2CCc3ccccc3C2)C(C)(C)C)o1. The van der Waals surface area contributed by atoms with Crippen molar-refractivity contribution in [1.29, 1.82) is 0 Å². The van der Waals surface area contributed by atoms with Crippen LogP contribution in [0.1, 0.15) is 43.7 Å². The van der Waals surface area contributed by atoms with Gasteiger partial charge in [0.15, 0.2) is 0 Å². The summed E-state index contributed by atoms with van der Waals surface area (Å²) in [5.74, 6) is 1.23. The second-order valence-corrected chi connectivity index (χ2v) is 7.58. The molecule has 1 aliphatic heterocycles. The van der Waals surface area contributed by atoms with Crippen LogP contribution >= 0.6 is 0 Å². The van der Waals surface area contributed by atoms with Crippen LogP contribution in [0.15, 0.2) is 28.7 Å². The van der Waals surface area contributed by atoms with Crippen molar-refractivity contribution >= 4 is 5.91 Å². The minimum Gasteiger partial charge on any atom is -0.424 e. The largest absolute Gasteiger partial charge is 0.424 e. The Labute approximate surface area is 148 Å². The predicted octanol–water partition coefficient (Wildman–Crippen LogP) is 2.56. The molecule has 0 aliphatic carbocycles. The molecule has 1 aromatic carbocycles. The summed E-state index contributed by atoms with van der Waals surface area (Å²) in [5.41, 5.74) is 2.42. The Hall–Kier alpha value is -2.21. The third-order valence-electron chi connectivity index (χ3n) is 4.65. The molecular weight excluding hydrogens is 316 g/mol. The molecule has 0 unspecified atom stereocenters. The molecule has 25 heavy (non-hydrogen) atoms. The van der Waals surface area contributed by atoms with Gasteiger partial charge in [0.25, 0.3) is 0 Å². The first-order valence-corrected chi connectivity index (χ1v) is 8.71. The summed E-state index contributed by atoms with van der Waals surface area (Å²) in [6, 6.07) is 8.35. The maximum atomic E-state index is 12.9. The van der Waals surface area contributed by atoms with Crippen LogP contribution in [0.4, 0.5) is 0 Å². The van der Waals surface area contributed by atoms with Gasteiger partial charge >= 0.3 is 0 Å². The molecule has 0 bridgehead atoms. The number of aryl methyl sites for hydroxylation is 1. The lowest BCUT2D eigenvalue weighted by Gasteiger charge is -2.36. The molecule has 0 radical (unpaired) electrons. The molecule has 6 nitrogen and oxygen atoms in total. The Morgan fingerprint density at radius 1 is 1.24 bits per heavy atom. The van der Waals surface area contributed by atoms with Gasteiger partial charge in [-0.1, -0.05) is 24.3 Å². The van der Waals surface area contributed by atoms with Gasteiger partial charge in [-0.15, -0.1) is 10.2 Å². The zero-order valence-corrected chi connectivity index (χ0v) is 15.5. The smallest absolute Gasteiger partial charge is 0.237 e. The lowest BCUT2D eigenvalue weighted by molar-refractivity contribution is -0.135. The van der Waals surface area contributed by atoms with Crippen LogP contribution in [0, 0.1) is 6.92 Å². The predicted molar refractivity (Wildman–Crippen MR) is 94.8 cm³/mol. The van der Waals surface area contributed by atoms with Crippen LogP contribution < -0.4 is 0 Å². The zero-order valence-electron chi connectivity index (χ0n) is 15.5. The van der Waals surface area contributed by atoms with Gasteiger partial charge in [0.05, 0.1) is 13.1 Å². The molecule has 0 saturated heterocycles. The molecular formula is C19H26N4O2. The summed E-state index contributed by atoms with van der Waals surface area (Å²) in [4.78, 5) is 16.9. The highest BCUT2D eigenvalue weighted by molar-refractivity contribution is 5.78. The van der Waals surface area contributed by atoms with E-state index in [1.807, 2.05) is 11.0 Å². The van der Waals surface area contributed by atoms with Crippen molar-refractivity contribution in [3.63, 3.8) is 0 Å². The highest BCUT2D eigenvalue weighted by Crippen LogP contribution is 2.21. The first-order chi connectivity index (χ1) is 11.8. The van der Waals surface area contributed by atoms with Gasteiger partial charge in [0.1, 0.15) is 0 Å². The van der Waals surface area contributed by atoms with Gasteiger partial charge in [-0.05, 0) is 38.3 Å². The van der Waals surface area contributed by atoms with E-state index in [-0.39, 0.29) is 11.4 Å². The van der Waals surface area contributed by atoms with Gasteiger partial charge in [-0.2, -0.15) is 0 Å². The van der Waals surface area contributed by atoms with Gasteiger partial charge < -0.3 is 9.32 Å². The molecule has 134 valence electrons.